The Morgan fingerprint density at radius 3 is 1.77 bits per heavy atom. The van der Waals surface area contributed by atoms with Crippen molar-refractivity contribution in [3.05, 3.63) is 96.7 Å². The molecule has 6 aromatic carbocycles. The average Bonchev–Trinajstić information content (AvgIpc) is 3.55. The quantitative estimate of drug-likeness (QED) is 0.0324. The molecule has 83 heavy (non-hydrogen) atoms. The van der Waals surface area contributed by atoms with Gasteiger partial charge in [0, 0.05) is 27.6 Å². The Bertz CT molecular complexity index is 4720. The summed E-state index contributed by atoms with van der Waals surface area (Å²) in [5.74, 6) is -2.21. The molecule has 0 bridgehead atoms. The molecule has 0 aliphatic heterocycles. The first kappa shape index (κ1) is 65.3. The van der Waals surface area contributed by atoms with Crippen LogP contribution in [0.25, 0.3) is 37.4 Å². The Labute approximate surface area is 473 Å². The summed E-state index contributed by atoms with van der Waals surface area (Å²) in [6.07, 6.45) is 0.929. The van der Waals surface area contributed by atoms with Crippen molar-refractivity contribution in [1.29, 1.82) is 0 Å². The van der Waals surface area contributed by atoms with Gasteiger partial charge in [0.1, 0.15) is 37.5 Å². The molecule has 2 heterocycles. The third kappa shape index (κ3) is 17.0. The molecule has 8 aromatic rings. The first-order valence-electron chi connectivity index (χ1n) is 21.2. The third-order valence-electron chi connectivity index (χ3n) is 10.3. The lowest BCUT2D eigenvalue weighted by Crippen LogP contribution is -2.08. The van der Waals surface area contributed by atoms with Crippen LogP contribution in [0.4, 0.5) is 33.6 Å². The SMILES string of the molecule is Cc1cc(N=Nc2ccc3c(S(=O)(=O)O)c(N=Nc4cnn(-c5cc(S(=O)(=O)O)c6cc(S(=O)(=O)O)cc(S(=O)(=O)O)c6c5)c4O)ccc3c2O)c(OCCCS(=O)(=O)O)cc1N=Nc1nc2ccccc2s1.O=C=O.O=S(=O)=O.O=S=O. The maximum absolute atomic E-state index is 12.9. The normalized spacial score (nSPS) is 12.1. The van der Waals surface area contributed by atoms with Gasteiger partial charge < -0.3 is 14.9 Å². The Morgan fingerprint density at radius 2 is 1.18 bits per heavy atom. The molecule has 42 heteroatoms. The van der Waals surface area contributed by atoms with Crippen LogP contribution in [0.2, 0.25) is 0 Å². The number of carbonyl (C=O) groups excluding carboxylic acids is 2. The van der Waals surface area contributed by atoms with Crippen LogP contribution in [0.15, 0.2) is 141 Å². The predicted octanol–water partition coefficient (Wildman–Crippen LogP) is 6.14. The van der Waals surface area contributed by atoms with Crippen LogP contribution in [0.1, 0.15) is 12.0 Å². The van der Waals surface area contributed by atoms with Gasteiger partial charge in [0.25, 0.3) is 50.6 Å². The molecule has 0 radical (unpaired) electrons. The Kier molecular flexibility index (Phi) is 20.9. The topological polar surface area (TPSA) is 546 Å². The molecule has 0 saturated heterocycles. The van der Waals surface area contributed by atoms with Crippen LogP contribution in [-0.4, -0.2) is 129 Å². The van der Waals surface area contributed by atoms with Gasteiger partial charge in [-0.05, 0) is 79.6 Å². The van der Waals surface area contributed by atoms with Gasteiger partial charge >= 0.3 is 28.3 Å². The van der Waals surface area contributed by atoms with E-state index in [1.165, 1.54) is 29.5 Å². The molecule has 8 rings (SSSR count). The van der Waals surface area contributed by atoms with Gasteiger partial charge in [-0.15, -0.1) is 43.3 Å². The zero-order valence-electron chi connectivity index (χ0n) is 40.6. The van der Waals surface area contributed by atoms with E-state index in [1.807, 2.05) is 24.3 Å². The maximum Gasteiger partial charge on any atom is 0.425 e. The zero-order valence-corrected chi connectivity index (χ0v) is 47.1. The number of rotatable bonds is 16. The molecule has 0 aliphatic rings. The number of fused-ring (bicyclic) bond motifs is 3. The molecule has 438 valence electrons. The number of para-hydroxylation sites is 1. The number of ether oxygens (including phenoxy) is 1. The lowest BCUT2D eigenvalue weighted by Gasteiger charge is -2.13. The van der Waals surface area contributed by atoms with Crippen molar-refractivity contribution in [2.24, 2.45) is 30.7 Å². The van der Waals surface area contributed by atoms with Gasteiger partial charge in [-0.25, -0.2) is 4.98 Å². The highest BCUT2D eigenvalue weighted by molar-refractivity contribution is 7.87. The number of benzene rings is 6. The van der Waals surface area contributed by atoms with E-state index in [4.69, 9.17) is 35.4 Å². The minimum absolute atomic E-state index is 0.0340. The van der Waals surface area contributed by atoms with Gasteiger partial charge in [0.05, 0.1) is 45.0 Å². The molecule has 0 atom stereocenters. The summed E-state index contributed by atoms with van der Waals surface area (Å²) in [4.78, 5) is 16.2. The van der Waals surface area contributed by atoms with E-state index < -0.39 is 138 Å². The number of phenolic OH excluding ortho intramolecular Hbond substituents is 1. The summed E-state index contributed by atoms with van der Waals surface area (Å²) in [6.45, 7) is 1.46. The number of thiazole rings is 1. The Balaban J connectivity index is 0.00000117. The van der Waals surface area contributed by atoms with Gasteiger partial charge in [-0.3, -0.25) is 22.8 Å². The highest BCUT2D eigenvalue weighted by Gasteiger charge is 2.28. The van der Waals surface area contributed by atoms with Crippen molar-refractivity contribution < 1.29 is 110 Å². The van der Waals surface area contributed by atoms with Crippen LogP contribution in [0.3, 0.4) is 0 Å². The number of nitrogens with zero attached hydrogens (tertiary/aromatic N) is 9. The van der Waals surface area contributed by atoms with Crippen molar-refractivity contribution in [2.45, 2.75) is 32.9 Å². The van der Waals surface area contributed by atoms with E-state index >= 15 is 0 Å². The van der Waals surface area contributed by atoms with Crippen molar-refractivity contribution in [3.63, 3.8) is 0 Å². The summed E-state index contributed by atoms with van der Waals surface area (Å²) >= 11 is 0.549. The van der Waals surface area contributed by atoms with Crippen molar-refractivity contribution in [1.82, 2.24) is 14.8 Å². The van der Waals surface area contributed by atoms with Crippen molar-refractivity contribution in [3.8, 4) is 23.1 Å². The molecule has 0 saturated carbocycles. The molecular weight excluding hydrogens is 1280 g/mol. The number of azo groups is 3. The average molecular weight is 1310 g/mol. The highest BCUT2D eigenvalue weighted by Crippen LogP contribution is 2.44. The van der Waals surface area contributed by atoms with Crippen LogP contribution in [0.5, 0.6) is 17.4 Å². The smallest absolute Gasteiger partial charge is 0.425 e. The second kappa shape index (κ2) is 26.6. The van der Waals surface area contributed by atoms with Crippen molar-refractivity contribution >= 4 is 156 Å². The number of hydrogen-bond acceptors (Lipinski definition) is 29. The maximum atomic E-state index is 12.9. The highest BCUT2D eigenvalue weighted by atomic mass is 32.2. The predicted molar refractivity (Wildman–Crippen MR) is 281 cm³/mol. The van der Waals surface area contributed by atoms with Crippen LogP contribution in [-0.2, 0) is 82.4 Å². The standard InChI is InChI=1S/C40H31N9O18S6.CO2.O3S.O2S/c1-20-13-31(33(67-11-4-12-69(52,53)54)18-30(20)45-48-40-42-27-5-2-3-6-34(27)68-40)46-43-28-9-8-24-23(37(28)50)7-10-29(38(24)73(64,65)66)44-47-32-19-41-49(39(32)51)21-14-25-26(35(15-21)71(58,59)60)16-22(70(55,56)57)17-36(25)72(61,62)63;2-1-3;1-4(2)3;1-3-2/h2-3,5-10,13-19,50-51H,4,11-12H2,1H3,(H,52,53,54)(H,55,56,57)(H,58,59,60)(H,61,62,63)(H,64,65,66);;;. The van der Waals surface area contributed by atoms with E-state index in [0.29, 0.717) is 39.3 Å². The molecule has 0 fully saturated rings. The minimum atomic E-state index is -5.40. The molecule has 0 aliphatic carbocycles. The van der Waals surface area contributed by atoms with E-state index in [2.05, 4.69) is 40.8 Å². The molecule has 2 aromatic heterocycles. The van der Waals surface area contributed by atoms with Crippen LogP contribution >= 0.6 is 11.3 Å². The first-order chi connectivity index (χ1) is 38.6. The number of hydrogen-bond donors (Lipinski definition) is 7. The lowest BCUT2D eigenvalue weighted by molar-refractivity contribution is -0.191. The first-order valence-corrected chi connectivity index (χ1v) is 31.1. The van der Waals surface area contributed by atoms with Gasteiger partial charge in [0.15, 0.2) is 11.4 Å². The van der Waals surface area contributed by atoms with Gasteiger partial charge in [0.2, 0.25) is 11.0 Å². The summed E-state index contributed by atoms with van der Waals surface area (Å²) in [7, 11) is -28.7. The largest absolute Gasteiger partial charge is 0.505 e. The Morgan fingerprint density at radius 1 is 0.639 bits per heavy atom. The number of aryl methyl sites for hydroxylation is 1. The summed E-state index contributed by atoms with van der Waals surface area (Å²) < 4.78 is 220. The fourth-order valence-electron chi connectivity index (χ4n) is 7.02. The van der Waals surface area contributed by atoms with Crippen molar-refractivity contribution in [2.75, 3.05) is 12.4 Å². The molecule has 7 N–H and O–H groups in total. The Hall–Kier alpha value is -8.49. The van der Waals surface area contributed by atoms with Crippen LogP contribution < -0.4 is 4.74 Å². The van der Waals surface area contributed by atoms with E-state index in [-0.39, 0.29) is 47.1 Å². The minimum Gasteiger partial charge on any atom is -0.505 e. The summed E-state index contributed by atoms with van der Waals surface area (Å²) in [6, 6.07) is 17.0. The number of phenols is 1. The van der Waals surface area contributed by atoms with E-state index in [1.54, 1.807) is 6.92 Å². The monoisotopic (exact) mass is 1300 g/mol. The molecular formula is C41H31N9O25S8. The third-order valence-corrected chi connectivity index (χ3v) is 15.5. The van der Waals surface area contributed by atoms with Gasteiger partial charge in [-0.2, -0.15) is 69.9 Å². The molecule has 0 unspecified atom stereocenters. The fourth-order valence-corrected chi connectivity index (χ4v) is 11.2. The van der Waals surface area contributed by atoms with Gasteiger partial charge in [-0.1, -0.05) is 29.5 Å². The lowest BCUT2D eigenvalue weighted by atomic mass is 10.1. The molecule has 34 nitrogen and oxygen atoms in total. The summed E-state index contributed by atoms with van der Waals surface area (Å²) in [5.41, 5.74) is -0.337. The fraction of sp³-hybridized carbons (Fsp3) is 0.0976. The van der Waals surface area contributed by atoms with E-state index in [0.717, 1.165) is 40.7 Å². The number of aromatic hydroxyl groups is 2. The second-order valence-electron chi connectivity index (χ2n) is 15.6. The number of aromatic nitrogens is 3. The summed E-state index contributed by atoms with van der Waals surface area (Å²) in [5, 5.41) is 49.1. The van der Waals surface area contributed by atoms with Crippen LogP contribution in [0, 0.1) is 6.92 Å². The molecule has 0 spiro atoms. The second-order valence-corrected chi connectivity index (χ2v) is 24.3. The molecule has 0 amide bonds. The zero-order chi connectivity index (χ0) is 62.0. The van der Waals surface area contributed by atoms with E-state index in [9.17, 15) is 75.1 Å².